The lowest BCUT2D eigenvalue weighted by molar-refractivity contribution is -0.121. The van der Waals surface area contributed by atoms with Crippen molar-refractivity contribution in [1.29, 1.82) is 0 Å². The number of aromatic nitrogens is 2. The monoisotopic (exact) mass is 291 g/mol. The molecule has 1 amide bonds. The van der Waals surface area contributed by atoms with Crippen molar-refractivity contribution in [3.63, 3.8) is 0 Å². The lowest BCUT2D eigenvalue weighted by Gasteiger charge is -2.14. The second-order valence-electron chi connectivity index (χ2n) is 5.10. The quantitative estimate of drug-likeness (QED) is 0.889. The molecule has 0 bridgehead atoms. The van der Waals surface area contributed by atoms with E-state index in [0.717, 1.165) is 17.8 Å². The highest BCUT2D eigenvalue weighted by Crippen LogP contribution is 2.14. The Balaban J connectivity index is 1.77. The van der Waals surface area contributed by atoms with Gasteiger partial charge in [0.1, 0.15) is 0 Å². The largest absolute Gasteiger partial charge is 0.356 e. The predicted molar refractivity (Wildman–Crippen MR) is 82.1 cm³/mol. The van der Waals surface area contributed by atoms with E-state index in [0.29, 0.717) is 13.0 Å². The van der Waals surface area contributed by atoms with E-state index in [1.54, 1.807) is 11.3 Å². The molecule has 0 fully saturated rings. The lowest BCUT2D eigenvalue weighted by Crippen LogP contribution is -2.28. The maximum Gasteiger partial charge on any atom is 0.222 e. The van der Waals surface area contributed by atoms with Crippen LogP contribution in [-0.4, -0.2) is 22.2 Å². The van der Waals surface area contributed by atoms with Crippen LogP contribution in [0, 0.1) is 13.8 Å². The topological polar surface area (TPSA) is 46.9 Å². The van der Waals surface area contributed by atoms with Gasteiger partial charge in [-0.3, -0.25) is 9.48 Å². The summed E-state index contributed by atoms with van der Waals surface area (Å²) in [7, 11) is 0. The van der Waals surface area contributed by atoms with Gasteiger partial charge in [-0.25, -0.2) is 0 Å². The maximum atomic E-state index is 11.9. The summed E-state index contributed by atoms with van der Waals surface area (Å²) in [4.78, 5) is 13.2. The van der Waals surface area contributed by atoms with Gasteiger partial charge in [0.2, 0.25) is 5.91 Å². The standard InChI is InChI=1S/C15H21N3OS/c1-11-9-12(2)18(17-11)13(3)10-15(19)16-7-6-14-5-4-8-20-14/h4-5,8-9,13H,6-7,10H2,1-3H3,(H,16,19)/t13-/m1/s1. The van der Waals surface area contributed by atoms with E-state index >= 15 is 0 Å². The number of nitrogens with one attached hydrogen (secondary N) is 1. The Bertz CT molecular complexity index is 560. The summed E-state index contributed by atoms with van der Waals surface area (Å²) in [5.74, 6) is 0.0848. The molecule has 0 aliphatic heterocycles. The van der Waals surface area contributed by atoms with Gasteiger partial charge >= 0.3 is 0 Å². The zero-order valence-electron chi connectivity index (χ0n) is 12.2. The Labute approximate surface area is 123 Å². The highest BCUT2D eigenvalue weighted by atomic mass is 32.1. The van der Waals surface area contributed by atoms with Crippen molar-refractivity contribution < 1.29 is 4.79 Å². The molecule has 2 heterocycles. The summed E-state index contributed by atoms with van der Waals surface area (Å²) in [6.07, 6.45) is 1.37. The maximum absolute atomic E-state index is 11.9. The molecule has 20 heavy (non-hydrogen) atoms. The number of rotatable bonds is 6. The molecule has 1 atom stereocenters. The van der Waals surface area contributed by atoms with E-state index in [4.69, 9.17) is 0 Å². The summed E-state index contributed by atoms with van der Waals surface area (Å²) in [5, 5.41) is 9.45. The van der Waals surface area contributed by atoms with E-state index in [2.05, 4.69) is 21.9 Å². The predicted octanol–water partition coefficient (Wildman–Crippen LogP) is 2.87. The normalized spacial score (nSPS) is 12.3. The van der Waals surface area contributed by atoms with Crippen LogP contribution in [0.25, 0.3) is 0 Å². The zero-order chi connectivity index (χ0) is 14.5. The molecule has 1 N–H and O–H groups in total. The Morgan fingerprint density at radius 3 is 2.90 bits per heavy atom. The van der Waals surface area contributed by atoms with Gasteiger partial charge in [-0.05, 0) is 44.7 Å². The van der Waals surface area contributed by atoms with Gasteiger partial charge in [0.05, 0.1) is 11.7 Å². The molecular weight excluding hydrogens is 270 g/mol. The average Bonchev–Trinajstić information content (AvgIpc) is 2.99. The molecule has 0 radical (unpaired) electrons. The number of carbonyl (C=O) groups excluding carboxylic acids is 1. The number of aryl methyl sites for hydroxylation is 2. The van der Waals surface area contributed by atoms with Crippen LogP contribution < -0.4 is 5.32 Å². The van der Waals surface area contributed by atoms with Crippen molar-refractivity contribution >= 4 is 17.2 Å². The average molecular weight is 291 g/mol. The molecule has 2 aromatic rings. The molecule has 0 aliphatic rings. The first-order chi connectivity index (χ1) is 9.56. The molecule has 0 saturated carbocycles. The van der Waals surface area contributed by atoms with E-state index in [-0.39, 0.29) is 11.9 Å². The van der Waals surface area contributed by atoms with Crippen molar-refractivity contribution in [3.05, 3.63) is 39.8 Å². The zero-order valence-corrected chi connectivity index (χ0v) is 13.0. The van der Waals surface area contributed by atoms with Crippen LogP contribution in [0.2, 0.25) is 0 Å². The fourth-order valence-electron chi connectivity index (χ4n) is 2.30. The minimum atomic E-state index is 0.0848. The summed E-state index contributed by atoms with van der Waals surface area (Å²) in [6.45, 7) is 6.71. The Morgan fingerprint density at radius 1 is 1.50 bits per heavy atom. The van der Waals surface area contributed by atoms with E-state index in [1.165, 1.54) is 4.88 Å². The molecule has 0 aliphatic carbocycles. The Kier molecular flexibility index (Phi) is 4.95. The first-order valence-corrected chi connectivity index (χ1v) is 7.76. The molecular formula is C15H21N3OS. The van der Waals surface area contributed by atoms with Gasteiger partial charge in [0.15, 0.2) is 0 Å². The summed E-state index contributed by atoms with van der Waals surface area (Å²) in [6, 6.07) is 6.25. The molecule has 0 unspecified atom stereocenters. The molecule has 0 aromatic carbocycles. The van der Waals surface area contributed by atoms with Crippen LogP contribution in [0.15, 0.2) is 23.6 Å². The Hall–Kier alpha value is -1.62. The van der Waals surface area contributed by atoms with Crippen LogP contribution in [0.4, 0.5) is 0 Å². The second-order valence-corrected chi connectivity index (χ2v) is 6.14. The first kappa shape index (κ1) is 14.8. The number of thiophene rings is 1. The van der Waals surface area contributed by atoms with Crippen molar-refractivity contribution in [2.45, 2.75) is 39.7 Å². The number of amides is 1. The molecule has 5 heteroatoms. The third kappa shape index (κ3) is 3.93. The van der Waals surface area contributed by atoms with Crippen LogP contribution in [-0.2, 0) is 11.2 Å². The SMILES string of the molecule is Cc1cc(C)n([C@H](C)CC(=O)NCCc2cccs2)n1. The lowest BCUT2D eigenvalue weighted by atomic mass is 10.2. The molecule has 2 rings (SSSR count). The fourth-order valence-corrected chi connectivity index (χ4v) is 3.01. The number of hydrogen-bond acceptors (Lipinski definition) is 3. The number of carbonyl (C=O) groups is 1. The van der Waals surface area contributed by atoms with Gasteiger partial charge in [-0.15, -0.1) is 11.3 Å². The van der Waals surface area contributed by atoms with Crippen LogP contribution in [0.1, 0.15) is 35.7 Å². The van der Waals surface area contributed by atoms with Crippen LogP contribution >= 0.6 is 11.3 Å². The van der Waals surface area contributed by atoms with E-state index in [1.807, 2.05) is 37.6 Å². The molecule has 0 saturated heterocycles. The third-order valence-electron chi connectivity index (χ3n) is 3.22. The van der Waals surface area contributed by atoms with E-state index in [9.17, 15) is 4.79 Å². The van der Waals surface area contributed by atoms with Gasteiger partial charge in [0.25, 0.3) is 0 Å². The van der Waals surface area contributed by atoms with Gasteiger partial charge < -0.3 is 5.32 Å². The molecule has 2 aromatic heterocycles. The smallest absolute Gasteiger partial charge is 0.222 e. The van der Waals surface area contributed by atoms with Crippen LogP contribution in [0.5, 0.6) is 0 Å². The molecule has 0 spiro atoms. The van der Waals surface area contributed by atoms with Crippen molar-refractivity contribution in [2.24, 2.45) is 0 Å². The molecule has 108 valence electrons. The number of nitrogens with zero attached hydrogens (tertiary/aromatic N) is 2. The third-order valence-corrected chi connectivity index (χ3v) is 4.15. The highest BCUT2D eigenvalue weighted by molar-refractivity contribution is 7.09. The van der Waals surface area contributed by atoms with Gasteiger partial charge in [-0.1, -0.05) is 6.07 Å². The Morgan fingerprint density at radius 2 is 2.30 bits per heavy atom. The van der Waals surface area contributed by atoms with Gasteiger partial charge in [-0.2, -0.15) is 5.10 Å². The van der Waals surface area contributed by atoms with Crippen LogP contribution in [0.3, 0.4) is 0 Å². The molecule has 4 nitrogen and oxygen atoms in total. The summed E-state index contributed by atoms with van der Waals surface area (Å²) < 4.78 is 1.92. The summed E-state index contributed by atoms with van der Waals surface area (Å²) in [5.41, 5.74) is 2.09. The fraction of sp³-hybridized carbons (Fsp3) is 0.467. The minimum Gasteiger partial charge on any atom is -0.356 e. The van der Waals surface area contributed by atoms with Gasteiger partial charge in [0, 0.05) is 23.5 Å². The van der Waals surface area contributed by atoms with Crippen molar-refractivity contribution in [3.8, 4) is 0 Å². The van der Waals surface area contributed by atoms with Crippen molar-refractivity contribution in [2.75, 3.05) is 6.54 Å². The highest BCUT2D eigenvalue weighted by Gasteiger charge is 2.13. The minimum absolute atomic E-state index is 0.0848. The summed E-state index contributed by atoms with van der Waals surface area (Å²) >= 11 is 1.72. The first-order valence-electron chi connectivity index (χ1n) is 6.88. The second kappa shape index (κ2) is 6.70. The van der Waals surface area contributed by atoms with Crippen molar-refractivity contribution in [1.82, 2.24) is 15.1 Å². The number of hydrogen-bond donors (Lipinski definition) is 1. The van der Waals surface area contributed by atoms with E-state index < -0.39 is 0 Å².